The smallest absolute Gasteiger partial charge is 0.220 e. The second-order valence-corrected chi connectivity index (χ2v) is 5.09. The van der Waals surface area contributed by atoms with Gasteiger partial charge in [0, 0.05) is 18.8 Å². The summed E-state index contributed by atoms with van der Waals surface area (Å²) >= 11 is 0. The zero-order valence-electron chi connectivity index (χ0n) is 12.2. The summed E-state index contributed by atoms with van der Waals surface area (Å²) in [6.45, 7) is 4.22. The Balaban J connectivity index is 2.14. The minimum Gasteiger partial charge on any atom is -0.350 e. The van der Waals surface area contributed by atoms with Gasteiger partial charge < -0.3 is 5.32 Å². The van der Waals surface area contributed by atoms with E-state index in [0.29, 0.717) is 6.42 Å². The molecule has 1 aromatic rings. The molecule has 19 heavy (non-hydrogen) atoms. The van der Waals surface area contributed by atoms with Gasteiger partial charge in [-0.15, -0.1) is 0 Å². The fourth-order valence-corrected chi connectivity index (χ4v) is 2.11. The molecular formula is C16H26N2O. The van der Waals surface area contributed by atoms with E-state index in [2.05, 4.69) is 17.2 Å². The molecule has 3 heteroatoms. The zero-order chi connectivity index (χ0) is 13.9. The van der Waals surface area contributed by atoms with Crippen molar-refractivity contribution in [2.24, 2.45) is 0 Å². The van der Waals surface area contributed by atoms with Gasteiger partial charge in [0.2, 0.25) is 5.91 Å². The minimum absolute atomic E-state index is 0.0654. The van der Waals surface area contributed by atoms with Gasteiger partial charge in [0.05, 0.1) is 6.04 Å². The Kier molecular flexibility index (Phi) is 7.87. The number of amides is 1. The summed E-state index contributed by atoms with van der Waals surface area (Å²) in [5, 5.41) is 3.03. The van der Waals surface area contributed by atoms with E-state index in [1.807, 2.05) is 19.1 Å². The second-order valence-electron chi connectivity index (χ2n) is 5.09. The van der Waals surface area contributed by atoms with Gasteiger partial charge in [-0.25, -0.2) is 0 Å². The van der Waals surface area contributed by atoms with E-state index in [1.165, 1.54) is 25.7 Å². The molecule has 3 nitrogen and oxygen atoms in total. The molecule has 0 bridgehead atoms. The topological polar surface area (TPSA) is 42.0 Å². The van der Waals surface area contributed by atoms with Crippen LogP contribution in [0.4, 0.5) is 0 Å². The first-order chi connectivity index (χ1) is 9.24. The zero-order valence-corrected chi connectivity index (χ0v) is 12.2. The van der Waals surface area contributed by atoms with Gasteiger partial charge in [0.15, 0.2) is 0 Å². The Bertz CT molecular complexity index is 351. The first-order valence-corrected chi connectivity index (χ1v) is 7.43. The quantitative estimate of drug-likeness (QED) is 0.683. The Labute approximate surface area is 116 Å². The first kappa shape index (κ1) is 15.7. The molecular weight excluding hydrogens is 236 g/mol. The lowest BCUT2D eigenvalue weighted by molar-refractivity contribution is -0.121. The number of carbonyl (C=O) groups excluding carboxylic acids is 1. The highest BCUT2D eigenvalue weighted by Gasteiger charge is 2.08. The Morgan fingerprint density at radius 1 is 1.16 bits per heavy atom. The van der Waals surface area contributed by atoms with Gasteiger partial charge in [-0.3, -0.25) is 9.78 Å². The SMILES string of the molecule is CCCCCCCCC(=O)NC(C)c1ccncc1. The van der Waals surface area contributed by atoms with Gasteiger partial charge in [0.1, 0.15) is 0 Å². The maximum Gasteiger partial charge on any atom is 0.220 e. The monoisotopic (exact) mass is 262 g/mol. The normalized spacial score (nSPS) is 12.1. The molecule has 1 rings (SSSR count). The van der Waals surface area contributed by atoms with Crippen molar-refractivity contribution in [3.8, 4) is 0 Å². The van der Waals surface area contributed by atoms with Crippen LogP contribution in [0.5, 0.6) is 0 Å². The molecule has 1 atom stereocenters. The van der Waals surface area contributed by atoms with Crippen molar-refractivity contribution in [2.75, 3.05) is 0 Å². The lowest BCUT2D eigenvalue weighted by Crippen LogP contribution is -2.26. The van der Waals surface area contributed by atoms with Crippen LogP contribution in [-0.2, 0) is 4.79 Å². The Morgan fingerprint density at radius 3 is 2.47 bits per heavy atom. The van der Waals surface area contributed by atoms with Crippen LogP contribution in [0.3, 0.4) is 0 Å². The number of rotatable bonds is 9. The van der Waals surface area contributed by atoms with Gasteiger partial charge in [-0.05, 0) is 31.0 Å². The number of nitrogens with one attached hydrogen (secondary N) is 1. The van der Waals surface area contributed by atoms with Crippen molar-refractivity contribution in [2.45, 2.75) is 64.8 Å². The summed E-state index contributed by atoms with van der Waals surface area (Å²) in [5.74, 6) is 0.153. The molecule has 1 heterocycles. The third-order valence-electron chi connectivity index (χ3n) is 3.34. The van der Waals surface area contributed by atoms with Crippen molar-refractivity contribution in [1.29, 1.82) is 0 Å². The third-order valence-corrected chi connectivity index (χ3v) is 3.34. The number of unbranched alkanes of at least 4 members (excludes halogenated alkanes) is 5. The average Bonchev–Trinajstić information content (AvgIpc) is 2.43. The summed E-state index contributed by atoms with van der Waals surface area (Å²) in [5.41, 5.74) is 1.10. The van der Waals surface area contributed by atoms with Crippen LogP contribution in [0, 0.1) is 0 Å². The molecule has 0 aliphatic rings. The number of nitrogens with zero attached hydrogens (tertiary/aromatic N) is 1. The first-order valence-electron chi connectivity index (χ1n) is 7.43. The van der Waals surface area contributed by atoms with E-state index in [4.69, 9.17) is 0 Å². The van der Waals surface area contributed by atoms with Crippen molar-refractivity contribution in [3.05, 3.63) is 30.1 Å². The summed E-state index contributed by atoms with van der Waals surface area (Å²) in [7, 11) is 0. The van der Waals surface area contributed by atoms with E-state index >= 15 is 0 Å². The van der Waals surface area contributed by atoms with Gasteiger partial charge >= 0.3 is 0 Å². The molecule has 1 aromatic heterocycles. The largest absolute Gasteiger partial charge is 0.350 e. The van der Waals surface area contributed by atoms with Crippen molar-refractivity contribution in [1.82, 2.24) is 10.3 Å². The highest BCUT2D eigenvalue weighted by Crippen LogP contribution is 2.11. The van der Waals surface area contributed by atoms with E-state index in [9.17, 15) is 4.79 Å². The summed E-state index contributed by atoms with van der Waals surface area (Å²) < 4.78 is 0. The highest BCUT2D eigenvalue weighted by atomic mass is 16.1. The standard InChI is InChI=1S/C16H26N2O/c1-3-4-5-6-7-8-9-16(19)18-14(2)15-10-12-17-13-11-15/h10-14H,3-9H2,1-2H3,(H,18,19). The molecule has 0 aliphatic carbocycles. The Hall–Kier alpha value is -1.38. The summed E-state index contributed by atoms with van der Waals surface area (Å²) in [4.78, 5) is 15.8. The highest BCUT2D eigenvalue weighted by molar-refractivity contribution is 5.76. The van der Waals surface area contributed by atoms with Crippen LogP contribution in [0.15, 0.2) is 24.5 Å². The van der Waals surface area contributed by atoms with Crippen LogP contribution in [-0.4, -0.2) is 10.9 Å². The molecule has 0 aliphatic heterocycles. The number of hydrogen-bond acceptors (Lipinski definition) is 2. The number of pyridine rings is 1. The number of hydrogen-bond donors (Lipinski definition) is 1. The molecule has 1 N–H and O–H groups in total. The van der Waals surface area contributed by atoms with Crippen LogP contribution < -0.4 is 5.32 Å². The lowest BCUT2D eigenvalue weighted by atomic mass is 10.1. The molecule has 0 spiro atoms. The maximum absolute atomic E-state index is 11.8. The van der Waals surface area contributed by atoms with Crippen LogP contribution in [0.25, 0.3) is 0 Å². The Morgan fingerprint density at radius 2 is 1.79 bits per heavy atom. The second kappa shape index (κ2) is 9.54. The molecule has 1 amide bonds. The van der Waals surface area contributed by atoms with Crippen molar-refractivity contribution < 1.29 is 4.79 Å². The molecule has 0 saturated carbocycles. The fraction of sp³-hybridized carbons (Fsp3) is 0.625. The van der Waals surface area contributed by atoms with E-state index < -0.39 is 0 Å². The average molecular weight is 262 g/mol. The van der Waals surface area contributed by atoms with Gasteiger partial charge in [-0.2, -0.15) is 0 Å². The number of carbonyl (C=O) groups is 1. The molecule has 0 radical (unpaired) electrons. The van der Waals surface area contributed by atoms with Crippen LogP contribution in [0.2, 0.25) is 0 Å². The van der Waals surface area contributed by atoms with E-state index in [-0.39, 0.29) is 11.9 Å². The predicted octanol–water partition coefficient (Wildman–Crippen LogP) is 4.01. The summed E-state index contributed by atoms with van der Waals surface area (Å²) in [6, 6.07) is 3.95. The molecule has 0 saturated heterocycles. The molecule has 1 unspecified atom stereocenters. The van der Waals surface area contributed by atoms with E-state index in [0.717, 1.165) is 18.4 Å². The van der Waals surface area contributed by atoms with Gasteiger partial charge in [-0.1, -0.05) is 39.0 Å². The fourth-order valence-electron chi connectivity index (χ4n) is 2.11. The van der Waals surface area contributed by atoms with Gasteiger partial charge in [0.25, 0.3) is 0 Å². The molecule has 0 fully saturated rings. The maximum atomic E-state index is 11.8. The predicted molar refractivity (Wildman–Crippen MR) is 78.8 cm³/mol. The minimum atomic E-state index is 0.0654. The van der Waals surface area contributed by atoms with Crippen molar-refractivity contribution >= 4 is 5.91 Å². The molecule has 0 aromatic carbocycles. The van der Waals surface area contributed by atoms with Crippen LogP contribution >= 0.6 is 0 Å². The summed E-state index contributed by atoms with van der Waals surface area (Å²) in [6.07, 6.45) is 11.4. The molecule has 106 valence electrons. The van der Waals surface area contributed by atoms with E-state index in [1.54, 1.807) is 12.4 Å². The van der Waals surface area contributed by atoms with Crippen molar-refractivity contribution in [3.63, 3.8) is 0 Å². The third kappa shape index (κ3) is 6.94. The lowest BCUT2D eigenvalue weighted by Gasteiger charge is -2.13. The number of aromatic nitrogens is 1. The van der Waals surface area contributed by atoms with Crippen LogP contribution in [0.1, 0.15) is 70.4 Å².